The van der Waals surface area contributed by atoms with Gasteiger partial charge in [0.15, 0.2) is 0 Å². The third-order valence-electron chi connectivity index (χ3n) is 3.00. The minimum atomic E-state index is -0.0349. The van der Waals surface area contributed by atoms with Gasteiger partial charge in [0.1, 0.15) is 16.6 Å². The molecule has 0 saturated heterocycles. The van der Waals surface area contributed by atoms with E-state index in [9.17, 15) is 0 Å². The second-order valence-corrected chi connectivity index (χ2v) is 4.53. The first-order valence-corrected chi connectivity index (χ1v) is 6.07. The van der Waals surface area contributed by atoms with Gasteiger partial charge in [-0.3, -0.25) is 0 Å². The molecule has 4 nitrogen and oxygen atoms in total. The van der Waals surface area contributed by atoms with Crippen LogP contribution in [0.15, 0.2) is 24.3 Å². The van der Waals surface area contributed by atoms with Crippen LogP contribution in [0.25, 0.3) is 0 Å². The summed E-state index contributed by atoms with van der Waals surface area (Å²) in [4.78, 5) is 0. The van der Waals surface area contributed by atoms with Crippen molar-refractivity contribution in [3.8, 4) is 5.75 Å². The van der Waals surface area contributed by atoms with Crippen LogP contribution in [0.4, 0.5) is 5.82 Å². The summed E-state index contributed by atoms with van der Waals surface area (Å²) in [6, 6.07) is 7.77. The number of hydrogen-bond donors (Lipinski definition) is 1. The molecule has 0 saturated carbocycles. The van der Waals surface area contributed by atoms with Crippen molar-refractivity contribution >= 4 is 17.4 Å². The van der Waals surface area contributed by atoms with Crippen LogP contribution in [0.5, 0.6) is 5.75 Å². The fourth-order valence-corrected chi connectivity index (χ4v) is 2.11. The number of nitrogens with zero attached hydrogens (tertiary/aromatic N) is 2. The molecular formula is C13H16ClN3O. The van der Waals surface area contributed by atoms with Crippen molar-refractivity contribution in [3.63, 3.8) is 0 Å². The van der Waals surface area contributed by atoms with Crippen LogP contribution >= 0.6 is 11.6 Å². The Labute approximate surface area is 111 Å². The largest absolute Gasteiger partial charge is 0.496 e. The van der Waals surface area contributed by atoms with E-state index in [1.54, 1.807) is 11.8 Å². The Bertz CT molecular complexity index is 565. The average Bonchev–Trinajstić information content (AvgIpc) is 2.65. The van der Waals surface area contributed by atoms with E-state index in [1.165, 1.54) is 0 Å². The molecule has 96 valence electrons. The minimum absolute atomic E-state index is 0.0349. The zero-order valence-corrected chi connectivity index (χ0v) is 11.4. The summed E-state index contributed by atoms with van der Waals surface area (Å²) in [5.74, 6) is 1.29. The normalized spacial score (nSPS) is 12.4. The molecule has 0 amide bonds. The van der Waals surface area contributed by atoms with Crippen LogP contribution in [0.1, 0.15) is 24.2 Å². The van der Waals surface area contributed by atoms with Crippen molar-refractivity contribution in [2.45, 2.75) is 19.9 Å². The van der Waals surface area contributed by atoms with Gasteiger partial charge in [0, 0.05) is 5.56 Å². The SMILES string of the molecule is COc1ccccc1C(C)n1nc(C)c(Cl)c1N. The number of benzene rings is 1. The number of methoxy groups -OCH3 is 1. The summed E-state index contributed by atoms with van der Waals surface area (Å²) < 4.78 is 7.07. The molecule has 2 aromatic rings. The van der Waals surface area contributed by atoms with E-state index < -0.39 is 0 Å². The fraction of sp³-hybridized carbons (Fsp3) is 0.308. The van der Waals surface area contributed by atoms with Crippen molar-refractivity contribution in [3.05, 3.63) is 40.5 Å². The lowest BCUT2D eigenvalue weighted by atomic mass is 10.1. The molecule has 0 aliphatic carbocycles. The highest BCUT2D eigenvalue weighted by Crippen LogP contribution is 2.32. The number of rotatable bonds is 3. The van der Waals surface area contributed by atoms with Gasteiger partial charge in [0.2, 0.25) is 0 Å². The van der Waals surface area contributed by atoms with E-state index in [1.807, 2.05) is 38.1 Å². The summed E-state index contributed by atoms with van der Waals surface area (Å²) in [6.45, 7) is 3.85. The van der Waals surface area contributed by atoms with Gasteiger partial charge in [-0.2, -0.15) is 5.10 Å². The van der Waals surface area contributed by atoms with Gasteiger partial charge in [0.25, 0.3) is 0 Å². The molecule has 2 N–H and O–H groups in total. The van der Waals surface area contributed by atoms with Crippen molar-refractivity contribution in [2.24, 2.45) is 0 Å². The lowest BCUT2D eigenvalue weighted by Gasteiger charge is -2.17. The molecule has 0 radical (unpaired) electrons. The Morgan fingerprint density at radius 2 is 2.06 bits per heavy atom. The average molecular weight is 266 g/mol. The van der Waals surface area contributed by atoms with Crippen LogP contribution in [0.2, 0.25) is 5.02 Å². The Kier molecular flexibility index (Phi) is 3.48. The molecule has 1 aromatic heterocycles. The Morgan fingerprint density at radius 3 is 2.61 bits per heavy atom. The van der Waals surface area contributed by atoms with E-state index in [-0.39, 0.29) is 6.04 Å². The molecule has 0 aliphatic rings. The number of halogens is 1. The second kappa shape index (κ2) is 4.90. The van der Waals surface area contributed by atoms with Crippen molar-refractivity contribution in [1.29, 1.82) is 0 Å². The van der Waals surface area contributed by atoms with E-state index in [0.717, 1.165) is 17.0 Å². The molecule has 1 unspecified atom stereocenters. The van der Waals surface area contributed by atoms with Crippen molar-refractivity contribution in [2.75, 3.05) is 12.8 Å². The van der Waals surface area contributed by atoms with Gasteiger partial charge in [-0.25, -0.2) is 4.68 Å². The monoisotopic (exact) mass is 265 g/mol. The molecule has 0 aliphatic heterocycles. The van der Waals surface area contributed by atoms with Crippen molar-refractivity contribution < 1.29 is 4.74 Å². The van der Waals surface area contributed by atoms with E-state index in [2.05, 4.69) is 5.10 Å². The predicted octanol–water partition coefficient (Wildman–Crippen LogP) is 3.05. The van der Waals surface area contributed by atoms with Gasteiger partial charge < -0.3 is 10.5 Å². The number of aromatic nitrogens is 2. The number of nitrogens with two attached hydrogens (primary N) is 1. The van der Waals surface area contributed by atoms with Gasteiger partial charge >= 0.3 is 0 Å². The minimum Gasteiger partial charge on any atom is -0.496 e. The van der Waals surface area contributed by atoms with Crippen LogP contribution < -0.4 is 10.5 Å². The molecule has 1 heterocycles. The Hall–Kier alpha value is -1.68. The van der Waals surface area contributed by atoms with Crippen LogP contribution in [0, 0.1) is 6.92 Å². The maximum absolute atomic E-state index is 6.06. The molecular weight excluding hydrogens is 250 g/mol. The predicted molar refractivity (Wildman–Crippen MR) is 73.2 cm³/mol. The lowest BCUT2D eigenvalue weighted by molar-refractivity contribution is 0.401. The van der Waals surface area contributed by atoms with Gasteiger partial charge in [-0.05, 0) is 19.9 Å². The highest BCUT2D eigenvalue weighted by atomic mass is 35.5. The fourth-order valence-electron chi connectivity index (χ4n) is 1.98. The van der Waals surface area contributed by atoms with Gasteiger partial charge in [-0.15, -0.1) is 0 Å². The highest BCUT2D eigenvalue weighted by molar-refractivity contribution is 6.33. The summed E-state index contributed by atoms with van der Waals surface area (Å²) in [6.07, 6.45) is 0. The zero-order valence-electron chi connectivity index (χ0n) is 10.6. The van der Waals surface area contributed by atoms with E-state index in [0.29, 0.717) is 10.8 Å². The molecule has 5 heteroatoms. The molecule has 0 bridgehead atoms. The topological polar surface area (TPSA) is 53.1 Å². The maximum atomic E-state index is 6.06. The van der Waals surface area contributed by atoms with Gasteiger partial charge in [0.05, 0.1) is 18.8 Å². The van der Waals surface area contributed by atoms with Crippen molar-refractivity contribution in [1.82, 2.24) is 9.78 Å². The molecule has 1 atom stereocenters. The van der Waals surface area contributed by atoms with E-state index in [4.69, 9.17) is 22.1 Å². The maximum Gasteiger partial charge on any atom is 0.141 e. The highest BCUT2D eigenvalue weighted by Gasteiger charge is 2.18. The molecule has 0 fully saturated rings. The smallest absolute Gasteiger partial charge is 0.141 e. The standard InChI is InChI=1S/C13H16ClN3O/c1-8-12(14)13(15)17(16-8)9(2)10-6-4-5-7-11(10)18-3/h4-7,9H,15H2,1-3H3. The molecule has 18 heavy (non-hydrogen) atoms. The number of anilines is 1. The second-order valence-electron chi connectivity index (χ2n) is 4.15. The van der Waals surface area contributed by atoms with Crippen LogP contribution in [-0.2, 0) is 0 Å². The summed E-state index contributed by atoms with van der Waals surface area (Å²) >= 11 is 6.06. The third-order valence-corrected chi connectivity index (χ3v) is 3.47. The number of para-hydroxylation sites is 1. The summed E-state index contributed by atoms with van der Waals surface area (Å²) in [5.41, 5.74) is 7.71. The summed E-state index contributed by atoms with van der Waals surface area (Å²) in [5, 5.41) is 4.88. The zero-order chi connectivity index (χ0) is 13.3. The molecule has 0 spiro atoms. The lowest BCUT2D eigenvalue weighted by Crippen LogP contribution is -2.12. The molecule has 1 aromatic carbocycles. The number of nitrogen functional groups attached to an aromatic ring is 1. The molecule has 2 rings (SSSR count). The summed E-state index contributed by atoms with van der Waals surface area (Å²) in [7, 11) is 1.65. The quantitative estimate of drug-likeness (QED) is 0.928. The number of aryl methyl sites for hydroxylation is 1. The first kappa shape index (κ1) is 12.8. The third kappa shape index (κ3) is 2.04. The Morgan fingerprint density at radius 1 is 1.39 bits per heavy atom. The first-order chi connectivity index (χ1) is 8.56. The van der Waals surface area contributed by atoms with Gasteiger partial charge in [-0.1, -0.05) is 29.8 Å². The number of ether oxygens (including phenoxy) is 1. The first-order valence-electron chi connectivity index (χ1n) is 5.69. The van der Waals surface area contributed by atoms with Crippen LogP contribution in [-0.4, -0.2) is 16.9 Å². The van der Waals surface area contributed by atoms with E-state index >= 15 is 0 Å². The Balaban J connectivity index is 2.47. The number of hydrogen-bond acceptors (Lipinski definition) is 3. The van der Waals surface area contributed by atoms with Crippen LogP contribution in [0.3, 0.4) is 0 Å².